The molecule has 1 aliphatic rings. The monoisotopic (exact) mass is 231 g/mol. The quantitative estimate of drug-likeness (QED) is 0.708. The molecule has 0 spiro atoms. The summed E-state index contributed by atoms with van der Waals surface area (Å²) < 4.78 is 1.74. The minimum absolute atomic E-state index is 0.118. The molecule has 3 rings (SSSR count). The van der Waals surface area contributed by atoms with Crippen molar-refractivity contribution in [1.29, 1.82) is 0 Å². The van der Waals surface area contributed by atoms with Crippen LogP contribution in [0.25, 0.3) is 11.2 Å². The summed E-state index contributed by atoms with van der Waals surface area (Å²) in [4.78, 5) is 21.5. The van der Waals surface area contributed by atoms with E-state index < -0.39 is 0 Å². The van der Waals surface area contributed by atoms with Gasteiger partial charge in [0.15, 0.2) is 5.65 Å². The van der Waals surface area contributed by atoms with Crippen LogP contribution in [-0.2, 0) is 11.8 Å². The Morgan fingerprint density at radius 2 is 2.06 bits per heavy atom. The van der Waals surface area contributed by atoms with Crippen LogP contribution in [0, 0.1) is 0 Å². The van der Waals surface area contributed by atoms with Crippen molar-refractivity contribution in [2.45, 2.75) is 12.8 Å². The maximum atomic E-state index is 11.1. The van der Waals surface area contributed by atoms with Crippen molar-refractivity contribution in [3.63, 3.8) is 0 Å². The molecule has 2 aromatic rings. The van der Waals surface area contributed by atoms with Crippen LogP contribution in [-0.4, -0.2) is 43.6 Å². The maximum Gasteiger partial charge on any atom is 0.219 e. The Hall–Kier alpha value is -1.98. The predicted octanol–water partition coefficient (Wildman–Crippen LogP) is 0.309. The lowest BCUT2D eigenvalue weighted by Crippen LogP contribution is -2.47. The number of amides is 1. The summed E-state index contributed by atoms with van der Waals surface area (Å²) >= 11 is 0. The molecular weight excluding hydrogens is 218 g/mol. The number of carbonyl (C=O) groups is 1. The average molecular weight is 231 g/mol. The summed E-state index contributed by atoms with van der Waals surface area (Å²) in [5.41, 5.74) is 2.60. The molecule has 0 unspecified atom stereocenters. The fraction of sp³-hybridized carbons (Fsp3) is 0.455. The van der Waals surface area contributed by atoms with Crippen LogP contribution in [0.15, 0.2) is 12.4 Å². The van der Waals surface area contributed by atoms with E-state index in [9.17, 15) is 4.79 Å². The van der Waals surface area contributed by atoms with Crippen molar-refractivity contribution in [3.05, 3.63) is 18.1 Å². The van der Waals surface area contributed by atoms with Crippen LogP contribution in [0.2, 0.25) is 0 Å². The summed E-state index contributed by atoms with van der Waals surface area (Å²) in [5.74, 6) is 0.409. The van der Waals surface area contributed by atoms with E-state index in [1.807, 2.05) is 11.9 Å². The summed E-state index contributed by atoms with van der Waals surface area (Å²) in [6, 6.07) is 0. The smallest absolute Gasteiger partial charge is 0.219 e. The lowest BCUT2D eigenvalue weighted by Gasteiger charge is -2.37. The number of likely N-dealkylation sites (tertiary alicyclic amines) is 1. The second-order valence-corrected chi connectivity index (χ2v) is 4.36. The largest absolute Gasteiger partial charge is 0.341 e. The van der Waals surface area contributed by atoms with Gasteiger partial charge in [0.1, 0.15) is 5.52 Å². The van der Waals surface area contributed by atoms with Gasteiger partial charge in [0.2, 0.25) is 5.91 Å². The molecule has 6 heteroatoms. The standard InChI is InChI=1S/C11H13N5O/c1-7(17)16-5-8(6-16)9-10-11(15(2)14-9)13-4-3-12-10/h3-4,8H,5-6H2,1-2H3. The number of aromatic nitrogens is 4. The van der Waals surface area contributed by atoms with Gasteiger partial charge in [-0.05, 0) is 0 Å². The van der Waals surface area contributed by atoms with Crippen molar-refractivity contribution >= 4 is 17.1 Å². The van der Waals surface area contributed by atoms with Crippen molar-refractivity contribution in [3.8, 4) is 0 Å². The highest BCUT2D eigenvalue weighted by molar-refractivity contribution is 5.77. The minimum atomic E-state index is 0.118. The van der Waals surface area contributed by atoms with Crippen molar-refractivity contribution in [2.24, 2.45) is 7.05 Å². The molecule has 1 aliphatic heterocycles. The van der Waals surface area contributed by atoms with E-state index in [-0.39, 0.29) is 5.91 Å². The summed E-state index contributed by atoms with van der Waals surface area (Å²) in [5, 5.41) is 4.46. The minimum Gasteiger partial charge on any atom is -0.341 e. The number of hydrogen-bond donors (Lipinski definition) is 0. The fourth-order valence-corrected chi connectivity index (χ4v) is 2.19. The van der Waals surface area contributed by atoms with E-state index >= 15 is 0 Å². The third-order valence-electron chi connectivity index (χ3n) is 3.20. The molecular formula is C11H13N5O. The van der Waals surface area contributed by atoms with Crippen LogP contribution < -0.4 is 0 Å². The van der Waals surface area contributed by atoms with Crippen LogP contribution in [0.5, 0.6) is 0 Å². The van der Waals surface area contributed by atoms with Crippen LogP contribution in [0.4, 0.5) is 0 Å². The lowest BCUT2D eigenvalue weighted by molar-refractivity contribution is -0.133. The van der Waals surface area contributed by atoms with E-state index in [2.05, 4.69) is 15.1 Å². The Labute approximate surface area is 98.3 Å². The molecule has 1 fully saturated rings. The van der Waals surface area contributed by atoms with Crippen LogP contribution in [0.3, 0.4) is 0 Å². The molecule has 2 aromatic heterocycles. The van der Waals surface area contributed by atoms with Gasteiger partial charge >= 0.3 is 0 Å². The normalized spacial score (nSPS) is 16.2. The van der Waals surface area contributed by atoms with Gasteiger partial charge in [0.25, 0.3) is 0 Å². The van der Waals surface area contributed by atoms with Gasteiger partial charge in [-0.15, -0.1) is 0 Å². The molecule has 0 saturated carbocycles. The number of aryl methyl sites for hydroxylation is 1. The second-order valence-electron chi connectivity index (χ2n) is 4.36. The number of rotatable bonds is 1. The summed E-state index contributed by atoms with van der Waals surface area (Å²) in [7, 11) is 1.86. The highest BCUT2D eigenvalue weighted by atomic mass is 16.2. The first-order chi connectivity index (χ1) is 8.16. The van der Waals surface area contributed by atoms with Gasteiger partial charge in [-0.25, -0.2) is 14.6 Å². The Balaban J connectivity index is 1.95. The van der Waals surface area contributed by atoms with Gasteiger partial charge in [-0.3, -0.25) is 4.79 Å². The highest BCUT2D eigenvalue weighted by Crippen LogP contribution is 2.29. The molecule has 1 amide bonds. The Kier molecular flexibility index (Phi) is 2.10. The van der Waals surface area contributed by atoms with Crippen LogP contribution >= 0.6 is 0 Å². The van der Waals surface area contributed by atoms with E-state index in [1.54, 1.807) is 24.0 Å². The molecule has 17 heavy (non-hydrogen) atoms. The molecule has 0 N–H and O–H groups in total. The van der Waals surface area contributed by atoms with E-state index in [1.165, 1.54) is 0 Å². The lowest BCUT2D eigenvalue weighted by atomic mass is 9.96. The van der Waals surface area contributed by atoms with E-state index in [0.29, 0.717) is 5.92 Å². The van der Waals surface area contributed by atoms with Crippen molar-refractivity contribution in [2.75, 3.05) is 13.1 Å². The van der Waals surface area contributed by atoms with Gasteiger partial charge in [-0.1, -0.05) is 0 Å². The zero-order valence-corrected chi connectivity index (χ0v) is 9.79. The maximum absolute atomic E-state index is 11.1. The molecule has 0 atom stereocenters. The number of carbonyl (C=O) groups excluding carboxylic acids is 1. The number of hydrogen-bond acceptors (Lipinski definition) is 4. The third-order valence-corrected chi connectivity index (χ3v) is 3.20. The molecule has 0 aliphatic carbocycles. The Morgan fingerprint density at radius 3 is 2.76 bits per heavy atom. The first-order valence-electron chi connectivity index (χ1n) is 5.56. The SMILES string of the molecule is CC(=O)N1CC(c2nn(C)c3nccnc23)C1. The first-order valence-corrected chi connectivity index (χ1v) is 5.56. The predicted molar refractivity (Wildman–Crippen MR) is 61.3 cm³/mol. The van der Waals surface area contributed by atoms with Gasteiger partial charge < -0.3 is 4.90 Å². The van der Waals surface area contributed by atoms with Gasteiger partial charge in [-0.2, -0.15) is 5.10 Å². The second kappa shape index (κ2) is 3.51. The molecule has 0 aromatic carbocycles. The summed E-state index contributed by atoms with van der Waals surface area (Å²) in [6.07, 6.45) is 3.34. The molecule has 0 bridgehead atoms. The average Bonchev–Trinajstić information content (AvgIpc) is 2.55. The van der Waals surface area contributed by atoms with Crippen molar-refractivity contribution < 1.29 is 4.79 Å². The fourth-order valence-electron chi connectivity index (χ4n) is 2.19. The number of fused-ring (bicyclic) bond motifs is 1. The zero-order chi connectivity index (χ0) is 12.0. The van der Waals surface area contributed by atoms with Gasteiger partial charge in [0.05, 0.1) is 5.69 Å². The zero-order valence-electron chi connectivity index (χ0n) is 9.79. The molecule has 0 radical (unpaired) electrons. The van der Waals surface area contributed by atoms with Gasteiger partial charge in [0, 0.05) is 45.4 Å². The van der Waals surface area contributed by atoms with E-state index in [4.69, 9.17) is 0 Å². The molecule has 3 heterocycles. The highest BCUT2D eigenvalue weighted by Gasteiger charge is 2.33. The molecule has 6 nitrogen and oxygen atoms in total. The molecule has 1 saturated heterocycles. The topological polar surface area (TPSA) is 63.9 Å². The number of nitrogens with zero attached hydrogens (tertiary/aromatic N) is 5. The van der Waals surface area contributed by atoms with E-state index in [0.717, 1.165) is 29.9 Å². The first kappa shape index (κ1) is 10.2. The summed E-state index contributed by atoms with van der Waals surface area (Å²) in [6.45, 7) is 3.06. The molecule has 88 valence electrons. The third kappa shape index (κ3) is 1.48. The van der Waals surface area contributed by atoms with Crippen LogP contribution in [0.1, 0.15) is 18.5 Å². The van der Waals surface area contributed by atoms with Crippen molar-refractivity contribution in [1.82, 2.24) is 24.6 Å². The Morgan fingerprint density at radius 1 is 1.35 bits per heavy atom. The Bertz CT molecular complexity index is 585.